The van der Waals surface area contributed by atoms with Gasteiger partial charge in [0.25, 0.3) is 5.91 Å². The van der Waals surface area contributed by atoms with Crippen molar-refractivity contribution in [2.24, 2.45) is 0 Å². The van der Waals surface area contributed by atoms with Crippen molar-refractivity contribution < 1.29 is 18.7 Å². The van der Waals surface area contributed by atoms with Crippen molar-refractivity contribution in [2.45, 2.75) is 38.8 Å². The molecule has 3 aromatic rings. The Hall–Kier alpha value is -3.87. The standard InChI is InChI=1S/C27H26FN3O3/c1-17-15-30(16-29-17)22-10-5-18(13-23(22)33-4)14-24-26(32)31-21(19-6-8-20(28)9-7-19)11-12-25(31)27(2,3)34-24/h5-11,13-16,25H,12H2,1-4H3. The molecule has 0 saturated carbocycles. The van der Waals surface area contributed by atoms with Crippen LogP contribution in [0.2, 0.25) is 0 Å². The predicted octanol–water partition coefficient (Wildman–Crippen LogP) is 5.12. The van der Waals surface area contributed by atoms with E-state index in [4.69, 9.17) is 9.47 Å². The van der Waals surface area contributed by atoms with Crippen molar-refractivity contribution in [3.63, 3.8) is 0 Å². The van der Waals surface area contributed by atoms with E-state index in [1.807, 2.05) is 55.8 Å². The molecule has 1 aromatic heterocycles. The average Bonchev–Trinajstić information content (AvgIpc) is 3.45. The second-order valence-electron chi connectivity index (χ2n) is 9.09. The van der Waals surface area contributed by atoms with Crippen LogP contribution in [0.25, 0.3) is 17.5 Å². The van der Waals surface area contributed by atoms with Gasteiger partial charge in [0.1, 0.15) is 17.2 Å². The van der Waals surface area contributed by atoms with Gasteiger partial charge in [-0.05, 0) is 80.8 Å². The first-order valence-electron chi connectivity index (χ1n) is 11.2. The Balaban J connectivity index is 1.50. The molecule has 3 heterocycles. The van der Waals surface area contributed by atoms with Gasteiger partial charge >= 0.3 is 0 Å². The Kier molecular flexibility index (Phi) is 5.27. The van der Waals surface area contributed by atoms with E-state index in [-0.39, 0.29) is 23.5 Å². The first-order valence-corrected chi connectivity index (χ1v) is 11.2. The number of imidazole rings is 1. The van der Waals surface area contributed by atoms with Gasteiger partial charge in [-0.1, -0.05) is 12.1 Å². The average molecular weight is 460 g/mol. The van der Waals surface area contributed by atoms with E-state index in [1.165, 1.54) is 12.1 Å². The number of ether oxygens (including phenoxy) is 2. The van der Waals surface area contributed by atoms with Gasteiger partial charge in [-0.25, -0.2) is 9.37 Å². The summed E-state index contributed by atoms with van der Waals surface area (Å²) >= 11 is 0. The summed E-state index contributed by atoms with van der Waals surface area (Å²) in [4.78, 5) is 19.6. The Morgan fingerprint density at radius 2 is 1.97 bits per heavy atom. The van der Waals surface area contributed by atoms with Gasteiger partial charge in [0.15, 0.2) is 5.76 Å². The van der Waals surface area contributed by atoms with Gasteiger partial charge in [0.2, 0.25) is 0 Å². The maximum atomic E-state index is 13.6. The molecule has 5 rings (SSSR count). The number of morpholine rings is 1. The van der Waals surface area contributed by atoms with Crippen LogP contribution in [0.15, 0.2) is 66.8 Å². The zero-order chi connectivity index (χ0) is 24.0. The molecule has 2 aromatic carbocycles. The van der Waals surface area contributed by atoms with Crippen LogP contribution in [0.4, 0.5) is 4.39 Å². The number of aromatic nitrogens is 2. The zero-order valence-electron chi connectivity index (χ0n) is 19.6. The summed E-state index contributed by atoms with van der Waals surface area (Å²) in [5.74, 6) is 0.381. The van der Waals surface area contributed by atoms with Gasteiger partial charge in [-0.3, -0.25) is 9.69 Å². The summed E-state index contributed by atoms with van der Waals surface area (Å²) in [7, 11) is 1.61. The van der Waals surface area contributed by atoms with Crippen LogP contribution in [0.3, 0.4) is 0 Å². The molecular formula is C27H26FN3O3. The van der Waals surface area contributed by atoms with Crippen molar-refractivity contribution in [2.75, 3.05) is 7.11 Å². The molecule has 1 fully saturated rings. The Bertz CT molecular complexity index is 1320. The van der Waals surface area contributed by atoms with Crippen LogP contribution >= 0.6 is 0 Å². The second-order valence-corrected chi connectivity index (χ2v) is 9.09. The van der Waals surface area contributed by atoms with Crippen molar-refractivity contribution in [3.05, 3.63) is 89.5 Å². The zero-order valence-corrected chi connectivity index (χ0v) is 19.6. The van der Waals surface area contributed by atoms with E-state index >= 15 is 0 Å². The normalized spacial score (nSPS) is 20.2. The molecule has 6 nitrogen and oxygen atoms in total. The Labute approximate surface area is 197 Å². The molecule has 2 aliphatic rings. The third-order valence-electron chi connectivity index (χ3n) is 6.34. The molecule has 1 amide bonds. The summed E-state index contributed by atoms with van der Waals surface area (Å²) in [6, 6.07) is 11.8. The number of carbonyl (C=O) groups is 1. The van der Waals surface area contributed by atoms with Gasteiger partial charge < -0.3 is 14.0 Å². The molecule has 0 N–H and O–H groups in total. The highest BCUT2D eigenvalue weighted by molar-refractivity contribution is 6.02. The number of rotatable bonds is 4. The van der Waals surface area contributed by atoms with Gasteiger partial charge in [0, 0.05) is 11.9 Å². The lowest BCUT2D eigenvalue weighted by Crippen LogP contribution is -2.55. The number of hydrogen-bond donors (Lipinski definition) is 0. The van der Waals surface area contributed by atoms with E-state index < -0.39 is 5.60 Å². The van der Waals surface area contributed by atoms with Crippen LogP contribution in [-0.2, 0) is 9.53 Å². The largest absolute Gasteiger partial charge is 0.495 e. The summed E-state index contributed by atoms with van der Waals surface area (Å²) in [5, 5.41) is 0. The minimum absolute atomic E-state index is 0.140. The number of nitrogens with zero attached hydrogens (tertiary/aromatic N) is 3. The molecule has 0 spiro atoms. The molecule has 7 heteroatoms. The highest BCUT2D eigenvalue weighted by Gasteiger charge is 2.49. The van der Waals surface area contributed by atoms with E-state index in [1.54, 1.807) is 36.5 Å². The van der Waals surface area contributed by atoms with Gasteiger partial charge in [-0.2, -0.15) is 0 Å². The molecule has 0 aliphatic carbocycles. The Morgan fingerprint density at radius 3 is 2.65 bits per heavy atom. The van der Waals surface area contributed by atoms with Crippen molar-refractivity contribution in [1.82, 2.24) is 14.5 Å². The smallest absolute Gasteiger partial charge is 0.293 e. The highest BCUT2D eigenvalue weighted by atomic mass is 19.1. The van der Waals surface area contributed by atoms with Crippen LogP contribution in [0.5, 0.6) is 5.75 Å². The number of fused-ring (bicyclic) bond motifs is 1. The van der Waals surface area contributed by atoms with Gasteiger partial charge in [0.05, 0.1) is 30.9 Å². The number of benzene rings is 2. The first kappa shape index (κ1) is 21.9. The van der Waals surface area contributed by atoms with Crippen molar-refractivity contribution in [3.8, 4) is 11.4 Å². The number of halogens is 1. The monoisotopic (exact) mass is 459 g/mol. The molecule has 0 radical (unpaired) electrons. The van der Waals surface area contributed by atoms with E-state index in [0.717, 1.165) is 28.2 Å². The minimum atomic E-state index is -0.601. The number of carbonyl (C=O) groups excluding carboxylic acids is 1. The quantitative estimate of drug-likeness (QED) is 0.508. The number of hydrogen-bond acceptors (Lipinski definition) is 4. The first-order chi connectivity index (χ1) is 16.3. The van der Waals surface area contributed by atoms with Crippen molar-refractivity contribution >= 4 is 17.7 Å². The summed E-state index contributed by atoms with van der Waals surface area (Å²) < 4.78 is 27.2. The maximum absolute atomic E-state index is 13.6. The lowest BCUT2D eigenvalue weighted by molar-refractivity contribution is -0.147. The number of methoxy groups -OCH3 is 1. The van der Waals surface area contributed by atoms with E-state index in [9.17, 15) is 9.18 Å². The molecule has 1 atom stereocenters. The molecule has 2 aliphatic heterocycles. The second kappa shape index (κ2) is 8.17. The highest BCUT2D eigenvalue weighted by Crippen LogP contribution is 2.42. The predicted molar refractivity (Wildman–Crippen MR) is 128 cm³/mol. The van der Waals surface area contributed by atoms with Crippen molar-refractivity contribution in [1.29, 1.82) is 0 Å². The van der Waals surface area contributed by atoms with Crippen LogP contribution in [0, 0.1) is 12.7 Å². The third-order valence-corrected chi connectivity index (χ3v) is 6.34. The minimum Gasteiger partial charge on any atom is -0.495 e. The summed E-state index contributed by atoms with van der Waals surface area (Å²) in [5.41, 5.74) is 3.51. The number of amides is 1. The molecule has 1 unspecified atom stereocenters. The fraction of sp³-hybridized carbons (Fsp3) is 0.259. The number of aryl methyl sites for hydroxylation is 1. The molecular weight excluding hydrogens is 433 g/mol. The maximum Gasteiger partial charge on any atom is 0.293 e. The fourth-order valence-corrected chi connectivity index (χ4v) is 4.62. The van der Waals surface area contributed by atoms with E-state index in [0.29, 0.717) is 12.2 Å². The lowest BCUT2D eigenvalue weighted by Gasteiger charge is -2.44. The SMILES string of the molecule is COc1cc(C=C2OC(C)(C)C3CC=C(c4ccc(F)cc4)N3C2=O)ccc1-n1cnc(C)c1. The molecule has 174 valence electrons. The molecule has 34 heavy (non-hydrogen) atoms. The third kappa shape index (κ3) is 3.77. The van der Waals surface area contributed by atoms with Crippen LogP contribution in [0.1, 0.15) is 37.1 Å². The lowest BCUT2D eigenvalue weighted by atomic mass is 9.93. The fourth-order valence-electron chi connectivity index (χ4n) is 4.62. The van der Waals surface area contributed by atoms with Crippen LogP contribution in [-0.4, -0.2) is 39.1 Å². The van der Waals surface area contributed by atoms with Gasteiger partial charge in [-0.15, -0.1) is 0 Å². The van der Waals surface area contributed by atoms with E-state index in [2.05, 4.69) is 4.98 Å². The van der Waals surface area contributed by atoms with Crippen LogP contribution < -0.4 is 4.74 Å². The molecule has 1 saturated heterocycles. The summed E-state index contributed by atoms with van der Waals surface area (Å²) in [6.45, 7) is 5.89. The topological polar surface area (TPSA) is 56.6 Å². The summed E-state index contributed by atoms with van der Waals surface area (Å²) in [6.07, 6.45) is 8.09. The Morgan fingerprint density at radius 1 is 1.21 bits per heavy atom. The molecule has 0 bridgehead atoms.